The molecule has 2 N–H and O–H groups in total. The molecule has 2 aliphatic rings. The van der Waals surface area contributed by atoms with Gasteiger partial charge in [-0.05, 0) is 13.8 Å². The van der Waals surface area contributed by atoms with Crippen molar-refractivity contribution in [2.45, 2.75) is 44.1 Å². The summed E-state index contributed by atoms with van der Waals surface area (Å²) in [6, 6.07) is 0. The fraction of sp³-hybridized carbons (Fsp3) is 1.00. The van der Waals surface area contributed by atoms with E-state index in [-0.39, 0.29) is 18.8 Å². The van der Waals surface area contributed by atoms with Crippen molar-refractivity contribution in [1.82, 2.24) is 0 Å². The summed E-state index contributed by atoms with van der Waals surface area (Å²) >= 11 is 0. The van der Waals surface area contributed by atoms with Crippen LogP contribution in [0.15, 0.2) is 0 Å². The fourth-order valence-electron chi connectivity index (χ4n) is 2.01. The van der Waals surface area contributed by atoms with E-state index >= 15 is 0 Å². The third kappa shape index (κ3) is 1.66. The van der Waals surface area contributed by atoms with Crippen LogP contribution in [0.5, 0.6) is 0 Å². The van der Waals surface area contributed by atoms with Crippen molar-refractivity contribution >= 4 is 0 Å². The minimum atomic E-state index is -0.900. The number of hydrogen-bond acceptors (Lipinski definition) is 5. The van der Waals surface area contributed by atoms with Gasteiger partial charge in [0.05, 0.1) is 13.2 Å². The van der Waals surface area contributed by atoms with Crippen LogP contribution >= 0.6 is 0 Å². The SMILES string of the molecule is CC1(C)O[C@H]2[C@H](CO[C@@H]2C(O)CO)O1. The average molecular weight is 204 g/mol. The molecule has 0 aromatic carbocycles. The molecule has 0 radical (unpaired) electrons. The maximum Gasteiger partial charge on any atom is 0.164 e. The Morgan fingerprint density at radius 3 is 2.79 bits per heavy atom. The zero-order chi connectivity index (χ0) is 10.3. The Morgan fingerprint density at radius 1 is 1.43 bits per heavy atom. The quantitative estimate of drug-likeness (QED) is 0.620. The number of hydrogen-bond donors (Lipinski definition) is 2. The summed E-state index contributed by atoms with van der Waals surface area (Å²) in [6.45, 7) is 3.74. The summed E-state index contributed by atoms with van der Waals surface area (Å²) in [5.74, 6) is -0.619. The predicted molar refractivity (Wildman–Crippen MR) is 46.7 cm³/mol. The Hall–Kier alpha value is -0.200. The first-order valence-corrected chi connectivity index (χ1v) is 4.79. The molecule has 2 rings (SSSR count). The molecule has 0 aromatic heterocycles. The van der Waals surface area contributed by atoms with Crippen LogP contribution in [0.3, 0.4) is 0 Å². The third-order valence-corrected chi connectivity index (χ3v) is 2.56. The normalized spacial score (nSPS) is 42.4. The minimum absolute atomic E-state index is 0.129. The van der Waals surface area contributed by atoms with Crippen LogP contribution in [-0.2, 0) is 14.2 Å². The number of ether oxygens (including phenoxy) is 3. The summed E-state index contributed by atoms with van der Waals surface area (Å²) in [6.07, 6.45) is -1.78. The molecule has 0 saturated carbocycles. The van der Waals surface area contributed by atoms with Crippen molar-refractivity contribution in [3.05, 3.63) is 0 Å². The Kier molecular flexibility index (Phi) is 2.53. The average Bonchev–Trinajstić information content (AvgIpc) is 2.58. The molecule has 2 aliphatic heterocycles. The van der Waals surface area contributed by atoms with Gasteiger partial charge in [0.2, 0.25) is 0 Å². The zero-order valence-corrected chi connectivity index (χ0v) is 8.34. The molecule has 0 aliphatic carbocycles. The van der Waals surface area contributed by atoms with Crippen molar-refractivity contribution < 1.29 is 24.4 Å². The van der Waals surface area contributed by atoms with Gasteiger partial charge in [-0.1, -0.05) is 0 Å². The van der Waals surface area contributed by atoms with Crippen LogP contribution in [0.25, 0.3) is 0 Å². The van der Waals surface area contributed by atoms with Gasteiger partial charge in [-0.25, -0.2) is 0 Å². The summed E-state index contributed by atoms with van der Waals surface area (Å²) in [5, 5.41) is 18.3. The van der Waals surface area contributed by atoms with Gasteiger partial charge in [0, 0.05) is 0 Å². The van der Waals surface area contributed by atoms with Gasteiger partial charge < -0.3 is 24.4 Å². The fourth-order valence-corrected chi connectivity index (χ4v) is 2.01. The highest BCUT2D eigenvalue weighted by Gasteiger charge is 2.51. The van der Waals surface area contributed by atoms with E-state index in [2.05, 4.69) is 0 Å². The lowest BCUT2D eigenvalue weighted by molar-refractivity contribution is -0.186. The monoisotopic (exact) mass is 204 g/mol. The summed E-state index contributed by atoms with van der Waals surface area (Å²) in [4.78, 5) is 0. The lowest BCUT2D eigenvalue weighted by atomic mass is 10.1. The van der Waals surface area contributed by atoms with Crippen LogP contribution in [-0.4, -0.2) is 53.6 Å². The molecule has 82 valence electrons. The van der Waals surface area contributed by atoms with Gasteiger partial charge in [0.25, 0.3) is 0 Å². The molecule has 0 amide bonds. The van der Waals surface area contributed by atoms with Gasteiger partial charge in [-0.15, -0.1) is 0 Å². The minimum Gasteiger partial charge on any atom is -0.394 e. The first-order valence-electron chi connectivity index (χ1n) is 4.79. The molecule has 1 unspecified atom stereocenters. The first-order chi connectivity index (χ1) is 6.53. The van der Waals surface area contributed by atoms with Crippen LogP contribution in [0.2, 0.25) is 0 Å². The molecule has 2 heterocycles. The van der Waals surface area contributed by atoms with E-state index < -0.39 is 18.0 Å². The van der Waals surface area contributed by atoms with E-state index in [1.807, 2.05) is 13.8 Å². The Labute approximate surface area is 82.6 Å². The van der Waals surface area contributed by atoms with Crippen molar-refractivity contribution in [3.63, 3.8) is 0 Å². The molecule has 2 saturated heterocycles. The van der Waals surface area contributed by atoms with Crippen molar-refractivity contribution in [3.8, 4) is 0 Å². The first kappa shape index (κ1) is 10.3. The molecule has 5 heteroatoms. The van der Waals surface area contributed by atoms with Crippen LogP contribution < -0.4 is 0 Å². The van der Waals surface area contributed by atoms with E-state index in [0.29, 0.717) is 6.61 Å². The van der Waals surface area contributed by atoms with Crippen LogP contribution in [0.4, 0.5) is 0 Å². The number of rotatable bonds is 2. The second-order valence-corrected chi connectivity index (χ2v) is 4.19. The highest BCUT2D eigenvalue weighted by atomic mass is 16.8. The Balaban J connectivity index is 2.04. The molecule has 0 aromatic rings. The molecule has 5 nitrogen and oxygen atoms in total. The van der Waals surface area contributed by atoms with Gasteiger partial charge >= 0.3 is 0 Å². The number of aliphatic hydroxyl groups excluding tert-OH is 2. The van der Waals surface area contributed by atoms with E-state index in [9.17, 15) is 5.11 Å². The number of fused-ring (bicyclic) bond motifs is 1. The zero-order valence-electron chi connectivity index (χ0n) is 8.34. The van der Waals surface area contributed by atoms with Gasteiger partial charge in [-0.2, -0.15) is 0 Å². The third-order valence-electron chi connectivity index (χ3n) is 2.56. The molecule has 4 atom stereocenters. The highest BCUT2D eigenvalue weighted by Crippen LogP contribution is 2.36. The van der Waals surface area contributed by atoms with Crippen LogP contribution in [0, 0.1) is 0 Å². The van der Waals surface area contributed by atoms with Crippen molar-refractivity contribution in [1.29, 1.82) is 0 Å². The molecule has 0 spiro atoms. The van der Waals surface area contributed by atoms with Crippen LogP contribution in [0.1, 0.15) is 13.8 Å². The van der Waals surface area contributed by atoms with E-state index in [4.69, 9.17) is 19.3 Å². The lowest BCUT2D eigenvalue weighted by Crippen LogP contribution is -2.40. The Morgan fingerprint density at radius 2 is 2.14 bits per heavy atom. The number of aliphatic hydroxyl groups is 2. The lowest BCUT2D eigenvalue weighted by Gasteiger charge is -2.23. The highest BCUT2D eigenvalue weighted by molar-refractivity contribution is 4.95. The van der Waals surface area contributed by atoms with Crippen molar-refractivity contribution in [2.75, 3.05) is 13.2 Å². The summed E-state index contributed by atoms with van der Waals surface area (Å²) < 4.78 is 16.5. The van der Waals surface area contributed by atoms with Crippen molar-refractivity contribution in [2.24, 2.45) is 0 Å². The topological polar surface area (TPSA) is 68.2 Å². The smallest absolute Gasteiger partial charge is 0.164 e. The van der Waals surface area contributed by atoms with Gasteiger partial charge in [0.15, 0.2) is 5.79 Å². The predicted octanol–water partition coefficient (Wildman–Crippen LogP) is -0.742. The Bertz CT molecular complexity index is 217. The van der Waals surface area contributed by atoms with Gasteiger partial charge in [-0.3, -0.25) is 0 Å². The molecule has 0 bridgehead atoms. The standard InChI is InChI=1S/C9H16O5/c1-9(2)13-6-4-12-7(5(11)3-10)8(6)14-9/h5-8,10-11H,3-4H2,1-2H3/t5?,6-,7+,8-/m0/s1. The molecular weight excluding hydrogens is 188 g/mol. The molecular formula is C9H16O5. The molecule has 14 heavy (non-hydrogen) atoms. The maximum atomic E-state index is 9.46. The second kappa shape index (κ2) is 3.43. The van der Waals surface area contributed by atoms with E-state index in [1.54, 1.807) is 0 Å². The summed E-state index contributed by atoms with van der Waals surface area (Å²) in [7, 11) is 0. The maximum absolute atomic E-state index is 9.46. The van der Waals surface area contributed by atoms with E-state index in [1.165, 1.54) is 0 Å². The summed E-state index contributed by atoms with van der Waals surface area (Å²) in [5.41, 5.74) is 0. The van der Waals surface area contributed by atoms with Gasteiger partial charge in [0.1, 0.15) is 24.4 Å². The second-order valence-electron chi connectivity index (χ2n) is 4.19. The molecule has 2 fully saturated rings. The largest absolute Gasteiger partial charge is 0.394 e. The van der Waals surface area contributed by atoms with E-state index in [0.717, 1.165) is 0 Å².